The summed E-state index contributed by atoms with van der Waals surface area (Å²) in [5.74, 6) is 0.635. The molecule has 2 saturated carbocycles. The Balaban J connectivity index is 1.60. The summed E-state index contributed by atoms with van der Waals surface area (Å²) in [7, 11) is 1.78. The van der Waals surface area contributed by atoms with Gasteiger partial charge < -0.3 is 21.1 Å². The van der Waals surface area contributed by atoms with Crippen molar-refractivity contribution in [3.63, 3.8) is 0 Å². The molecule has 1 heterocycles. The summed E-state index contributed by atoms with van der Waals surface area (Å²) in [6.07, 6.45) is 4.94. The lowest BCUT2D eigenvalue weighted by atomic mass is 9.82. The molecule has 0 unspecified atom stereocenters. The fourth-order valence-corrected chi connectivity index (χ4v) is 3.72. The van der Waals surface area contributed by atoms with Crippen molar-refractivity contribution in [2.75, 3.05) is 24.6 Å². The fourth-order valence-electron chi connectivity index (χ4n) is 2.77. The number of hydrogen-bond acceptors (Lipinski definition) is 6. The standard InChI is InChI=1S/C14H22N4O2S/c1-18(7-8-5-10(19)6-8)13(20)11-12(15)17-14(21-11)16-9-3-2-4-9/h8-10,19H,2-7,15H2,1H3,(H,16,17). The highest BCUT2D eigenvalue weighted by atomic mass is 32.1. The zero-order valence-corrected chi connectivity index (χ0v) is 13.0. The lowest BCUT2D eigenvalue weighted by molar-refractivity contribution is 0.0266. The van der Waals surface area contributed by atoms with Gasteiger partial charge >= 0.3 is 0 Å². The lowest BCUT2D eigenvalue weighted by Crippen LogP contribution is -2.39. The number of nitrogens with one attached hydrogen (secondary N) is 1. The molecule has 7 heteroatoms. The van der Waals surface area contributed by atoms with Crippen LogP contribution in [0.15, 0.2) is 0 Å². The van der Waals surface area contributed by atoms with E-state index in [1.165, 1.54) is 17.8 Å². The molecule has 4 N–H and O–H groups in total. The SMILES string of the molecule is CN(CC1CC(O)C1)C(=O)c1sc(NC2CCC2)nc1N. The highest BCUT2D eigenvalue weighted by Gasteiger charge is 2.30. The molecule has 0 aliphatic heterocycles. The van der Waals surface area contributed by atoms with Crippen molar-refractivity contribution in [1.29, 1.82) is 0 Å². The average Bonchev–Trinajstić information content (AvgIpc) is 2.72. The number of carbonyl (C=O) groups excluding carboxylic acids is 1. The summed E-state index contributed by atoms with van der Waals surface area (Å²) in [6.45, 7) is 0.665. The van der Waals surface area contributed by atoms with Crippen LogP contribution in [0.5, 0.6) is 0 Å². The summed E-state index contributed by atoms with van der Waals surface area (Å²) in [5.41, 5.74) is 5.89. The van der Waals surface area contributed by atoms with Gasteiger partial charge in [0.05, 0.1) is 6.10 Å². The second-order valence-electron chi connectivity index (χ2n) is 6.18. The van der Waals surface area contributed by atoms with Gasteiger partial charge in [-0.25, -0.2) is 4.98 Å². The van der Waals surface area contributed by atoms with E-state index in [9.17, 15) is 9.90 Å². The Labute approximate surface area is 128 Å². The van der Waals surface area contributed by atoms with E-state index < -0.39 is 0 Å². The molecule has 0 spiro atoms. The van der Waals surface area contributed by atoms with Gasteiger partial charge in [0.1, 0.15) is 10.7 Å². The minimum absolute atomic E-state index is 0.0759. The van der Waals surface area contributed by atoms with E-state index in [1.807, 2.05) is 0 Å². The van der Waals surface area contributed by atoms with Crippen LogP contribution in [0.2, 0.25) is 0 Å². The molecule has 21 heavy (non-hydrogen) atoms. The first-order chi connectivity index (χ1) is 10.0. The van der Waals surface area contributed by atoms with E-state index in [4.69, 9.17) is 5.73 Å². The number of amides is 1. The molecule has 2 fully saturated rings. The Kier molecular flexibility index (Phi) is 4.03. The molecule has 2 aliphatic rings. The second-order valence-corrected chi connectivity index (χ2v) is 7.18. The van der Waals surface area contributed by atoms with Crippen LogP contribution in [0.25, 0.3) is 0 Å². The molecule has 1 aromatic heterocycles. The minimum Gasteiger partial charge on any atom is -0.393 e. The maximum atomic E-state index is 12.4. The van der Waals surface area contributed by atoms with Gasteiger partial charge in [-0.2, -0.15) is 0 Å². The van der Waals surface area contributed by atoms with E-state index in [0.29, 0.717) is 29.2 Å². The Morgan fingerprint density at radius 1 is 1.52 bits per heavy atom. The average molecular weight is 310 g/mol. The van der Waals surface area contributed by atoms with E-state index in [2.05, 4.69) is 10.3 Å². The molecule has 0 aromatic carbocycles. The molecule has 2 aliphatic carbocycles. The number of nitrogen functional groups attached to an aromatic ring is 1. The quantitative estimate of drug-likeness (QED) is 0.767. The molecule has 1 amide bonds. The smallest absolute Gasteiger partial charge is 0.267 e. The third-order valence-corrected chi connectivity index (χ3v) is 5.36. The van der Waals surface area contributed by atoms with Crippen molar-refractivity contribution in [2.24, 2.45) is 5.92 Å². The number of aliphatic hydroxyl groups is 1. The van der Waals surface area contributed by atoms with Gasteiger partial charge in [-0.3, -0.25) is 4.79 Å². The highest BCUT2D eigenvalue weighted by molar-refractivity contribution is 7.18. The maximum Gasteiger partial charge on any atom is 0.267 e. The first-order valence-corrected chi connectivity index (χ1v) is 8.31. The number of thiazole rings is 1. The number of aliphatic hydroxyl groups excluding tert-OH is 1. The van der Waals surface area contributed by atoms with Gasteiger partial charge in [0.25, 0.3) is 5.91 Å². The summed E-state index contributed by atoms with van der Waals surface area (Å²) in [5, 5.41) is 13.4. The third kappa shape index (κ3) is 3.13. The molecular formula is C14H22N4O2S. The van der Waals surface area contributed by atoms with Crippen molar-refractivity contribution in [3.05, 3.63) is 4.88 Å². The van der Waals surface area contributed by atoms with Crippen LogP contribution >= 0.6 is 11.3 Å². The summed E-state index contributed by atoms with van der Waals surface area (Å²) >= 11 is 1.34. The molecule has 0 saturated heterocycles. The van der Waals surface area contributed by atoms with Gasteiger partial charge in [-0.15, -0.1) is 0 Å². The third-order valence-electron chi connectivity index (χ3n) is 4.37. The molecule has 3 rings (SSSR count). The zero-order valence-electron chi connectivity index (χ0n) is 12.2. The van der Waals surface area contributed by atoms with Gasteiger partial charge in [0, 0.05) is 19.6 Å². The Hall–Kier alpha value is -1.34. The Morgan fingerprint density at radius 2 is 2.24 bits per heavy atom. The number of hydrogen-bond donors (Lipinski definition) is 3. The monoisotopic (exact) mass is 310 g/mol. The van der Waals surface area contributed by atoms with Crippen LogP contribution in [0, 0.1) is 5.92 Å². The van der Waals surface area contributed by atoms with Crippen molar-refractivity contribution in [2.45, 2.75) is 44.2 Å². The maximum absolute atomic E-state index is 12.4. The van der Waals surface area contributed by atoms with E-state index in [-0.39, 0.29) is 12.0 Å². The van der Waals surface area contributed by atoms with Gasteiger partial charge in [0.2, 0.25) is 0 Å². The number of anilines is 2. The van der Waals surface area contributed by atoms with Gasteiger partial charge in [-0.1, -0.05) is 11.3 Å². The van der Waals surface area contributed by atoms with Crippen molar-refractivity contribution < 1.29 is 9.90 Å². The first-order valence-electron chi connectivity index (χ1n) is 7.49. The molecule has 116 valence electrons. The number of aromatic nitrogens is 1. The van der Waals surface area contributed by atoms with Gasteiger partial charge in [0.15, 0.2) is 5.13 Å². The van der Waals surface area contributed by atoms with Crippen LogP contribution in [0.4, 0.5) is 10.9 Å². The molecule has 6 nitrogen and oxygen atoms in total. The molecule has 0 bridgehead atoms. The van der Waals surface area contributed by atoms with E-state index >= 15 is 0 Å². The largest absolute Gasteiger partial charge is 0.393 e. The zero-order chi connectivity index (χ0) is 15.0. The predicted octanol–water partition coefficient (Wildman–Crippen LogP) is 1.53. The lowest BCUT2D eigenvalue weighted by Gasteiger charge is -2.34. The minimum atomic E-state index is -0.190. The highest BCUT2D eigenvalue weighted by Crippen LogP contribution is 2.31. The second kappa shape index (κ2) is 5.81. The fraction of sp³-hybridized carbons (Fsp3) is 0.714. The Morgan fingerprint density at radius 3 is 2.81 bits per heavy atom. The summed E-state index contributed by atoms with van der Waals surface area (Å²) < 4.78 is 0. The van der Waals surface area contributed by atoms with Crippen molar-refractivity contribution in [3.8, 4) is 0 Å². The summed E-state index contributed by atoms with van der Waals surface area (Å²) in [6, 6.07) is 0.479. The summed E-state index contributed by atoms with van der Waals surface area (Å²) in [4.78, 5) is 18.9. The van der Waals surface area contributed by atoms with E-state index in [1.54, 1.807) is 11.9 Å². The topological polar surface area (TPSA) is 91.5 Å². The number of nitrogens with two attached hydrogens (primary N) is 1. The normalized spacial score (nSPS) is 25.0. The van der Waals surface area contributed by atoms with Crippen LogP contribution in [0.1, 0.15) is 41.8 Å². The van der Waals surface area contributed by atoms with Crippen molar-refractivity contribution >= 4 is 28.2 Å². The molecule has 0 radical (unpaired) electrons. The number of nitrogens with zero attached hydrogens (tertiary/aromatic N) is 2. The van der Waals surface area contributed by atoms with Crippen LogP contribution in [-0.2, 0) is 0 Å². The number of carbonyl (C=O) groups is 1. The first kappa shape index (κ1) is 14.6. The van der Waals surface area contributed by atoms with Crippen molar-refractivity contribution in [1.82, 2.24) is 9.88 Å². The van der Waals surface area contributed by atoms with Crippen LogP contribution < -0.4 is 11.1 Å². The van der Waals surface area contributed by atoms with Crippen LogP contribution in [-0.4, -0.2) is 46.6 Å². The molecule has 0 atom stereocenters. The Bertz CT molecular complexity index is 523. The van der Waals surface area contributed by atoms with Crippen LogP contribution in [0.3, 0.4) is 0 Å². The number of rotatable bonds is 5. The predicted molar refractivity (Wildman–Crippen MR) is 83.5 cm³/mol. The molecule has 1 aromatic rings. The van der Waals surface area contributed by atoms with E-state index in [0.717, 1.165) is 30.8 Å². The molecular weight excluding hydrogens is 288 g/mol. The van der Waals surface area contributed by atoms with Gasteiger partial charge in [-0.05, 0) is 38.0 Å².